The molecule has 1 fully saturated rings. The average molecular weight is 296 g/mol. The summed E-state index contributed by atoms with van der Waals surface area (Å²) >= 11 is 0. The van der Waals surface area contributed by atoms with Crippen molar-refractivity contribution >= 4 is 5.91 Å². The second kappa shape index (κ2) is 7.00. The second-order valence-corrected chi connectivity index (χ2v) is 5.65. The quantitative estimate of drug-likeness (QED) is 0.694. The van der Waals surface area contributed by atoms with Crippen LogP contribution in [0.15, 0.2) is 4.52 Å². The molecule has 0 aromatic carbocycles. The zero-order chi connectivity index (χ0) is 15.3. The Hall–Kier alpha value is -1.47. The molecule has 0 saturated carbocycles. The molecule has 2 rings (SSSR count). The molecule has 1 aliphatic rings. The lowest BCUT2D eigenvalue weighted by Crippen LogP contribution is -2.39. The molecule has 2 heterocycles. The van der Waals surface area contributed by atoms with Crippen LogP contribution in [-0.2, 0) is 0 Å². The van der Waals surface area contributed by atoms with E-state index < -0.39 is 0 Å². The van der Waals surface area contributed by atoms with Crippen molar-refractivity contribution in [2.24, 2.45) is 5.41 Å². The van der Waals surface area contributed by atoms with Crippen molar-refractivity contribution in [2.75, 3.05) is 19.7 Å². The SMILES string of the molecule is CCC(CC)(CO)CNC(=O)c1noc(C2CCCN2)n1. The molecule has 3 N–H and O–H groups in total. The lowest BCUT2D eigenvalue weighted by atomic mass is 9.83. The third kappa shape index (κ3) is 3.59. The number of aromatic nitrogens is 2. The summed E-state index contributed by atoms with van der Waals surface area (Å²) in [6.45, 7) is 5.39. The van der Waals surface area contributed by atoms with Gasteiger partial charge in [-0.2, -0.15) is 4.98 Å². The van der Waals surface area contributed by atoms with E-state index in [1.165, 1.54) is 0 Å². The van der Waals surface area contributed by atoms with Gasteiger partial charge in [0.05, 0.1) is 12.6 Å². The van der Waals surface area contributed by atoms with Gasteiger partial charge in [-0.25, -0.2) is 0 Å². The van der Waals surface area contributed by atoms with E-state index in [1.54, 1.807) is 0 Å². The fraction of sp³-hybridized carbons (Fsp3) is 0.786. The highest BCUT2D eigenvalue weighted by Gasteiger charge is 2.28. The highest BCUT2D eigenvalue weighted by atomic mass is 16.5. The van der Waals surface area contributed by atoms with Crippen LogP contribution in [0.2, 0.25) is 0 Å². The first-order valence-electron chi connectivity index (χ1n) is 7.60. The van der Waals surface area contributed by atoms with E-state index in [-0.39, 0.29) is 29.8 Å². The number of nitrogens with zero attached hydrogens (tertiary/aromatic N) is 2. The smallest absolute Gasteiger partial charge is 0.292 e. The van der Waals surface area contributed by atoms with Crippen LogP contribution in [0.5, 0.6) is 0 Å². The lowest BCUT2D eigenvalue weighted by Gasteiger charge is -2.29. The number of aliphatic hydroxyl groups is 1. The largest absolute Gasteiger partial charge is 0.396 e. The Morgan fingerprint density at radius 3 is 2.86 bits per heavy atom. The number of carbonyl (C=O) groups is 1. The zero-order valence-electron chi connectivity index (χ0n) is 12.7. The van der Waals surface area contributed by atoms with Gasteiger partial charge in [0.2, 0.25) is 5.89 Å². The summed E-state index contributed by atoms with van der Waals surface area (Å²) < 4.78 is 5.15. The molecule has 0 bridgehead atoms. The Bertz CT molecular complexity index is 456. The number of rotatable bonds is 7. The van der Waals surface area contributed by atoms with Crippen molar-refractivity contribution in [3.63, 3.8) is 0 Å². The van der Waals surface area contributed by atoms with Crippen LogP contribution in [0.3, 0.4) is 0 Å². The third-order valence-corrected chi connectivity index (χ3v) is 4.46. The Kier molecular flexibility index (Phi) is 5.30. The predicted molar refractivity (Wildman–Crippen MR) is 76.7 cm³/mol. The number of hydrogen-bond acceptors (Lipinski definition) is 6. The van der Waals surface area contributed by atoms with E-state index in [9.17, 15) is 9.90 Å². The molecule has 0 spiro atoms. The van der Waals surface area contributed by atoms with E-state index >= 15 is 0 Å². The van der Waals surface area contributed by atoms with Crippen molar-refractivity contribution < 1.29 is 14.4 Å². The predicted octanol–water partition coefficient (Wildman–Crippen LogP) is 1.02. The van der Waals surface area contributed by atoms with Crippen LogP contribution in [-0.4, -0.2) is 40.9 Å². The Morgan fingerprint density at radius 1 is 1.52 bits per heavy atom. The summed E-state index contributed by atoms with van der Waals surface area (Å²) in [6, 6.07) is 0.0573. The normalized spacial score (nSPS) is 18.9. The molecule has 21 heavy (non-hydrogen) atoms. The molecular weight excluding hydrogens is 272 g/mol. The Labute approximate surface area is 124 Å². The highest BCUT2D eigenvalue weighted by molar-refractivity contribution is 5.90. The van der Waals surface area contributed by atoms with Gasteiger partial charge in [0.1, 0.15) is 0 Å². The molecule has 1 aromatic heterocycles. The fourth-order valence-electron chi connectivity index (χ4n) is 2.49. The Morgan fingerprint density at radius 2 is 2.29 bits per heavy atom. The molecule has 1 saturated heterocycles. The van der Waals surface area contributed by atoms with E-state index in [0.29, 0.717) is 12.4 Å². The van der Waals surface area contributed by atoms with Crippen LogP contribution < -0.4 is 10.6 Å². The van der Waals surface area contributed by atoms with Crippen LogP contribution in [0.4, 0.5) is 0 Å². The van der Waals surface area contributed by atoms with Gasteiger partial charge in [-0.1, -0.05) is 19.0 Å². The van der Waals surface area contributed by atoms with Gasteiger partial charge in [0.15, 0.2) is 0 Å². The number of amides is 1. The maximum Gasteiger partial charge on any atom is 0.292 e. The first-order valence-corrected chi connectivity index (χ1v) is 7.60. The summed E-state index contributed by atoms with van der Waals surface area (Å²) in [4.78, 5) is 16.2. The van der Waals surface area contributed by atoms with E-state index in [2.05, 4.69) is 20.8 Å². The van der Waals surface area contributed by atoms with Crippen LogP contribution in [0.25, 0.3) is 0 Å². The minimum atomic E-state index is -0.359. The molecule has 0 radical (unpaired) electrons. The number of carbonyl (C=O) groups excluding carboxylic acids is 1. The van der Waals surface area contributed by atoms with Crippen molar-refractivity contribution in [1.29, 1.82) is 0 Å². The van der Waals surface area contributed by atoms with Crippen molar-refractivity contribution in [3.8, 4) is 0 Å². The average Bonchev–Trinajstić information content (AvgIpc) is 3.20. The van der Waals surface area contributed by atoms with E-state index in [1.807, 2.05) is 13.8 Å². The molecule has 0 aliphatic carbocycles. The fourth-order valence-corrected chi connectivity index (χ4v) is 2.49. The molecule has 1 aliphatic heterocycles. The van der Waals surface area contributed by atoms with Crippen LogP contribution in [0.1, 0.15) is 62.1 Å². The molecule has 1 aromatic rings. The first-order chi connectivity index (χ1) is 10.1. The standard InChI is InChI=1S/C14H24N4O3/c1-3-14(4-2,9-19)8-16-12(20)11-17-13(21-18-11)10-6-5-7-15-10/h10,15,19H,3-9H2,1-2H3,(H,16,20). The molecule has 118 valence electrons. The van der Waals surface area contributed by atoms with Crippen molar-refractivity contribution in [3.05, 3.63) is 11.7 Å². The summed E-state index contributed by atoms with van der Waals surface area (Å²) in [7, 11) is 0. The Balaban J connectivity index is 1.94. The molecule has 1 atom stereocenters. The highest BCUT2D eigenvalue weighted by Crippen LogP contribution is 2.24. The third-order valence-electron chi connectivity index (χ3n) is 4.46. The lowest BCUT2D eigenvalue weighted by molar-refractivity contribution is 0.0839. The van der Waals surface area contributed by atoms with Gasteiger partial charge in [-0.15, -0.1) is 0 Å². The molecule has 7 heteroatoms. The van der Waals surface area contributed by atoms with E-state index in [4.69, 9.17) is 4.52 Å². The molecule has 7 nitrogen and oxygen atoms in total. The zero-order valence-corrected chi connectivity index (χ0v) is 12.7. The summed E-state index contributed by atoms with van der Waals surface area (Å²) in [6.07, 6.45) is 3.61. The van der Waals surface area contributed by atoms with Crippen molar-refractivity contribution in [2.45, 2.75) is 45.6 Å². The van der Waals surface area contributed by atoms with Gasteiger partial charge >= 0.3 is 0 Å². The second-order valence-electron chi connectivity index (χ2n) is 5.65. The molecule has 1 unspecified atom stereocenters. The molecule has 1 amide bonds. The maximum atomic E-state index is 12.1. The summed E-state index contributed by atoms with van der Waals surface area (Å²) in [5, 5.41) is 19.3. The topological polar surface area (TPSA) is 100 Å². The van der Waals surface area contributed by atoms with Crippen LogP contribution in [0, 0.1) is 5.41 Å². The van der Waals surface area contributed by atoms with Gasteiger partial charge in [-0.3, -0.25) is 4.79 Å². The van der Waals surface area contributed by atoms with Gasteiger partial charge in [0, 0.05) is 12.0 Å². The summed E-state index contributed by atoms with van der Waals surface area (Å²) in [5.41, 5.74) is -0.283. The van der Waals surface area contributed by atoms with Crippen LogP contribution >= 0.6 is 0 Å². The van der Waals surface area contributed by atoms with Crippen molar-refractivity contribution in [1.82, 2.24) is 20.8 Å². The number of aliphatic hydroxyl groups excluding tert-OH is 1. The van der Waals surface area contributed by atoms with Gasteiger partial charge < -0.3 is 20.3 Å². The van der Waals surface area contributed by atoms with Gasteiger partial charge in [0.25, 0.3) is 11.7 Å². The minimum absolute atomic E-state index is 0.0454. The number of nitrogens with one attached hydrogen (secondary N) is 2. The maximum absolute atomic E-state index is 12.1. The van der Waals surface area contributed by atoms with E-state index in [0.717, 1.165) is 32.2 Å². The monoisotopic (exact) mass is 296 g/mol. The number of hydrogen-bond donors (Lipinski definition) is 3. The summed E-state index contributed by atoms with van der Waals surface area (Å²) in [5.74, 6) is 0.164. The minimum Gasteiger partial charge on any atom is -0.396 e. The van der Waals surface area contributed by atoms with Gasteiger partial charge in [-0.05, 0) is 32.2 Å². The molecular formula is C14H24N4O3. The first kappa shape index (κ1) is 15.9.